The molecule has 0 aliphatic carbocycles. The van der Waals surface area contributed by atoms with Gasteiger partial charge in [-0.15, -0.1) is 18.3 Å². The molecule has 3 aliphatic rings. The number of carboxylic acid groups (broad SMARTS) is 1. The summed E-state index contributed by atoms with van der Waals surface area (Å²) in [6, 6.07) is 13.1. The molecule has 8 heteroatoms. The van der Waals surface area contributed by atoms with Gasteiger partial charge in [0.25, 0.3) is 5.91 Å². The molecule has 2 amide bonds. The number of anilines is 1. The number of amides is 2. The van der Waals surface area contributed by atoms with Crippen LogP contribution in [0.3, 0.4) is 0 Å². The molecule has 37 heavy (non-hydrogen) atoms. The van der Waals surface area contributed by atoms with Crippen LogP contribution in [0.15, 0.2) is 55.1 Å². The zero-order valence-corrected chi connectivity index (χ0v) is 22.0. The van der Waals surface area contributed by atoms with Gasteiger partial charge in [-0.3, -0.25) is 14.4 Å². The minimum atomic E-state index is -0.958. The van der Waals surface area contributed by atoms with Crippen molar-refractivity contribution in [1.82, 2.24) is 4.90 Å². The molecule has 196 valence electrons. The predicted octanol–water partition coefficient (Wildman–Crippen LogP) is 4.09. The summed E-state index contributed by atoms with van der Waals surface area (Å²) in [4.78, 5) is 44.2. The van der Waals surface area contributed by atoms with Crippen LogP contribution in [0.2, 0.25) is 0 Å². The Kier molecular flexibility index (Phi) is 6.83. The third-order valence-electron chi connectivity index (χ3n) is 8.46. The number of unbranched alkanes of at least 4 members (excludes halogenated alkanes) is 2. The second kappa shape index (κ2) is 9.80. The molecule has 3 fully saturated rings. The van der Waals surface area contributed by atoms with Crippen molar-refractivity contribution in [3.05, 3.63) is 55.1 Å². The number of aliphatic hydroxyl groups is 1. The zero-order chi connectivity index (χ0) is 26.4. The molecule has 7 nitrogen and oxygen atoms in total. The molecular formula is C29H34N2O5S. The summed E-state index contributed by atoms with van der Waals surface area (Å²) in [5.74, 6) is -2.90. The lowest BCUT2D eigenvalue weighted by Gasteiger charge is -2.37. The van der Waals surface area contributed by atoms with Crippen molar-refractivity contribution in [2.24, 2.45) is 11.8 Å². The van der Waals surface area contributed by atoms with E-state index in [1.165, 1.54) is 0 Å². The smallest absolute Gasteiger partial charge is 0.308 e. The van der Waals surface area contributed by atoms with Gasteiger partial charge in [0.2, 0.25) is 5.91 Å². The van der Waals surface area contributed by atoms with Gasteiger partial charge in [-0.1, -0.05) is 36.4 Å². The van der Waals surface area contributed by atoms with Crippen molar-refractivity contribution >= 4 is 46.0 Å². The largest absolute Gasteiger partial charge is 0.481 e. The van der Waals surface area contributed by atoms with Gasteiger partial charge in [0.15, 0.2) is 0 Å². The number of fused-ring (bicyclic) bond motifs is 2. The minimum absolute atomic E-state index is 0.0766. The van der Waals surface area contributed by atoms with Crippen LogP contribution in [0.4, 0.5) is 5.69 Å². The number of carbonyl (C=O) groups is 3. The van der Waals surface area contributed by atoms with Crippen LogP contribution in [0, 0.1) is 11.8 Å². The fourth-order valence-corrected chi connectivity index (χ4v) is 9.18. The van der Waals surface area contributed by atoms with Gasteiger partial charge < -0.3 is 20.0 Å². The normalized spacial score (nSPS) is 30.1. The number of thioether (sulfide) groups is 1. The van der Waals surface area contributed by atoms with E-state index < -0.39 is 33.3 Å². The van der Waals surface area contributed by atoms with E-state index in [0.29, 0.717) is 32.2 Å². The van der Waals surface area contributed by atoms with Crippen molar-refractivity contribution < 1.29 is 24.6 Å². The van der Waals surface area contributed by atoms with Gasteiger partial charge in [-0.25, -0.2) is 0 Å². The number of nitrogens with zero attached hydrogens (tertiary/aromatic N) is 2. The monoisotopic (exact) mass is 522 g/mol. The standard InChI is InChI=1S/C29H34N2O5S/c1-3-15-30(21-12-11-19-9-5-6-10-20(19)18-21)26(34)24-29-14-13-28(2,37-29)23(27(35)36)22(29)25(33)31(24)16-7-4-8-17-32/h3,5-6,9-12,18,22-24,32H,1,4,7-8,13-17H2,2H3,(H,35,36)/t22-,23-,24?,28+,29?/m0/s1. The molecule has 3 heterocycles. The Bertz CT molecular complexity index is 1250. The first-order valence-electron chi connectivity index (χ1n) is 13.0. The number of benzene rings is 2. The van der Waals surface area contributed by atoms with E-state index in [-0.39, 0.29) is 25.0 Å². The molecule has 2 unspecified atom stereocenters. The van der Waals surface area contributed by atoms with E-state index in [4.69, 9.17) is 0 Å². The average molecular weight is 523 g/mol. The van der Waals surface area contributed by atoms with Crippen molar-refractivity contribution in [3.63, 3.8) is 0 Å². The zero-order valence-electron chi connectivity index (χ0n) is 21.1. The van der Waals surface area contributed by atoms with E-state index >= 15 is 0 Å². The van der Waals surface area contributed by atoms with E-state index in [0.717, 1.165) is 22.9 Å². The molecule has 2 bridgehead atoms. The average Bonchev–Trinajstić information content (AvgIpc) is 3.45. The van der Waals surface area contributed by atoms with Crippen molar-refractivity contribution in [2.75, 3.05) is 24.6 Å². The highest BCUT2D eigenvalue weighted by atomic mass is 32.2. The molecule has 0 saturated carbocycles. The number of aliphatic hydroxyl groups excluding tert-OH is 1. The quantitative estimate of drug-likeness (QED) is 0.360. The summed E-state index contributed by atoms with van der Waals surface area (Å²) in [6.07, 6.45) is 4.99. The molecule has 5 atom stereocenters. The number of carboxylic acids is 1. The molecule has 2 aromatic carbocycles. The second-order valence-corrected chi connectivity index (χ2v) is 12.5. The molecule has 2 N–H and O–H groups in total. The van der Waals surface area contributed by atoms with E-state index in [2.05, 4.69) is 6.58 Å². The lowest BCUT2D eigenvalue weighted by molar-refractivity contribution is -0.150. The summed E-state index contributed by atoms with van der Waals surface area (Å²) in [5.41, 5.74) is 0.731. The number of hydrogen-bond acceptors (Lipinski definition) is 5. The lowest BCUT2D eigenvalue weighted by Crippen LogP contribution is -2.55. The number of rotatable bonds is 10. The highest BCUT2D eigenvalue weighted by molar-refractivity contribution is 8.02. The van der Waals surface area contributed by atoms with Crippen LogP contribution >= 0.6 is 11.8 Å². The third-order valence-corrected chi connectivity index (χ3v) is 10.4. The predicted molar refractivity (Wildman–Crippen MR) is 146 cm³/mol. The SMILES string of the molecule is C=CCN(C(=O)C1N(CCCCCO)C(=O)[C@@H]2[C@@H](C(=O)O)[C@@]3(C)CCC12S3)c1ccc2ccccc2c1. The van der Waals surface area contributed by atoms with Gasteiger partial charge in [-0.2, -0.15) is 0 Å². The number of hydrogen-bond donors (Lipinski definition) is 2. The van der Waals surface area contributed by atoms with Crippen LogP contribution in [-0.4, -0.2) is 68.1 Å². The van der Waals surface area contributed by atoms with E-state index in [1.54, 1.807) is 27.6 Å². The maximum atomic E-state index is 14.5. The minimum Gasteiger partial charge on any atom is -0.481 e. The van der Waals surface area contributed by atoms with Crippen LogP contribution < -0.4 is 4.90 Å². The Labute approximate surface area is 221 Å². The van der Waals surface area contributed by atoms with Gasteiger partial charge >= 0.3 is 5.97 Å². The van der Waals surface area contributed by atoms with Gasteiger partial charge in [0.1, 0.15) is 6.04 Å². The fraction of sp³-hybridized carbons (Fsp3) is 0.483. The van der Waals surface area contributed by atoms with Crippen LogP contribution in [0.1, 0.15) is 39.0 Å². The summed E-state index contributed by atoms with van der Waals surface area (Å²) >= 11 is 1.55. The molecule has 5 rings (SSSR count). The molecule has 2 aromatic rings. The van der Waals surface area contributed by atoms with E-state index in [1.807, 2.05) is 49.4 Å². The number of aliphatic carboxylic acids is 1. The molecule has 3 saturated heterocycles. The Balaban J connectivity index is 1.56. The summed E-state index contributed by atoms with van der Waals surface area (Å²) < 4.78 is -1.33. The maximum Gasteiger partial charge on any atom is 0.308 e. The molecule has 3 aliphatic heterocycles. The third kappa shape index (κ3) is 4.05. The van der Waals surface area contributed by atoms with Gasteiger partial charge in [0, 0.05) is 30.1 Å². The fourth-order valence-electron chi connectivity index (χ4n) is 6.84. The number of likely N-dealkylation sites (tertiary alicyclic amines) is 1. The molecular weight excluding hydrogens is 488 g/mol. The summed E-state index contributed by atoms with van der Waals surface area (Å²) in [5, 5.41) is 21.5. The van der Waals surface area contributed by atoms with Crippen molar-refractivity contribution in [2.45, 2.75) is 54.6 Å². The molecule has 0 aromatic heterocycles. The Hall–Kier alpha value is -2.84. The lowest BCUT2D eigenvalue weighted by atomic mass is 9.66. The maximum absolute atomic E-state index is 14.5. The second-order valence-electron chi connectivity index (χ2n) is 10.7. The van der Waals surface area contributed by atoms with Gasteiger partial charge in [-0.05, 0) is 61.9 Å². The highest BCUT2D eigenvalue weighted by Gasteiger charge is 2.77. The molecule has 1 spiro atoms. The van der Waals surface area contributed by atoms with E-state index in [9.17, 15) is 24.6 Å². The van der Waals surface area contributed by atoms with Crippen molar-refractivity contribution in [3.8, 4) is 0 Å². The Morgan fingerprint density at radius 1 is 1.16 bits per heavy atom. The summed E-state index contributed by atoms with van der Waals surface area (Å²) in [7, 11) is 0. The van der Waals surface area contributed by atoms with Crippen LogP contribution in [0.25, 0.3) is 10.8 Å². The Morgan fingerprint density at radius 2 is 1.92 bits per heavy atom. The number of carbonyl (C=O) groups excluding carboxylic acids is 2. The Morgan fingerprint density at radius 3 is 2.62 bits per heavy atom. The first-order chi connectivity index (χ1) is 17.8. The van der Waals surface area contributed by atoms with Crippen LogP contribution in [-0.2, 0) is 14.4 Å². The first kappa shape index (κ1) is 25.8. The highest BCUT2D eigenvalue weighted by Crippen LogP contribution is 2.71. The first-order valence-corrected chi connectivity index (χ1v) is 13.8. The van der Waals surface area contributed by atoms with Crippen LogP contribution in [0.5, 0.6) is 0 Å². The summed E-state index contributed by atoms with van der Waals surface area (Å²) in [6.45, 7) is 6.55. The molecule has 0 radical (unpaired) electrons. The topological polar surface area (TPSA) is 98.2 Å². The van der Waals surface area contributed by atoms with Crippen molar-refractivity contribution in [1.29, 1.82) is 0 Å². The van der Waals surface area contributed by atoms with Gasteiger partial charge in [0.05, 0.1) is 16.6 Å².